The Labute approximate surface area is 90.3 Å². The maximum absolute atomic E-state index is 5.26. The highest BCUT2D eigenvalue weighted by Crippen LogP contribution is 2.33. The van der Waals surface area contributed by atoms with Crippen LogP contribution in [0.15, 0.2) is 18.2 Å². The lowest BCUT2D eigenvalue weighted by molar-refractivity contribution is 0.0244. The van der Waals surface area contributed by atoms with Crippen molar-refractivity contribution in [1.82, 2.24) is 5.48 Å². The van der Waals surface area contributed by atoms with Crippen LogP contribution in [0.3, 0.4) is 0 Å². The van der Waals surface area contributed by atoms with E-state index in [1.54, 1.807) is 7.11 Å². The number of nitrogens with one attached hydrogen (secondary N) is 1. The van der Waals surface area contributed by atoms with Gasteiger partial charge in [-0.05, 0) is 43.0 Å². The minimum atomic E-state index is 0.315. The highest BCUT2D eigenvalue weighted by atomic mass is 16.6. The minimum Gasteiger partial charge on any atom is -0.497 e. The summed E-state index contributed by atoms with van der Waals surface area (Å²) >= 11 is 0. The normalized spacial score (nSPS) is 18.9. The van der Waals surface area contributed by atoms with E-state index in [0.717, 1.165) is 18.6 Å². The van der Waals surface area contributed by atoms with Crippen LogP contribution in [-0.2, 0) is 11.3 Å². The monoisotopic (exact) mass is 207 g/mol. The zero-order valence-electron chi connectivity index (χ0n) is 9.25. The van der Waals surface area contributed by atoms with Crippen LogP contribution in [0.5, 0.6) is 5.75 Å². The Bertz CT molecular complexity index is 338. The zero-order chi connectivity index (χ0) is 10.7. The van der Waals surface area contributed by atoms with Crippen LogP contribution < -0.4 is 10.2 Å². The fourth-order valence-electron chi connectivity index (χ4n) is 2.01. The molecule has 0 radical (unpaired) electrons. The van der Waals surface area contributed by atoms with Gasteiger partial charge >= 0.3 is 0 Å². The molecule has 0 aliphatic heterocycles. The lowest BCUT2D eigenvalue weighted by Crippen LogP contribution is -2.19. The molecule has 0 fully saturated rings. The number of benzene rings is 1. The van der Waals surface area contributed by atoms with Crippen molar-refractivity contribution in [1.29, 1.82) is 0 Å². The predicted molar refractivity (Wildman–Crippen MR) is 58.8 cm³/mol. The molecule has 1 aromatic carbocycles. The molecule has 3 heteroatoms. The lowest BCUT2D eigenvalue weighted by atomic mass is 10.1. The molecule has 82 valence electrons. The van der Waals surface area contributed by atoms with E-state index < -0.39 is 0 Å². The Morgan fingerprint density at radius 1 is 1.47 bits per heavy atom. The molecule has 1 unspecified atom stereocenters. The van der Waals surface area contributed by atoms with E-state index in [1.807, 2.05) is 13.0 Å². The Kier molecular flexibility index (Phi) is 3.23. The van der Waals surface area contributed by atoms with Gasteiger partial charge in [0.2, 0.25) is 0 Å². The average molecular weight is 207 g/mol. The number of rotatable bonds is 4. The van der Waals surface area contributed by atoms with Crippen LogP contribution >= 0.6 is 0 Å². The van der Waals surface area contributed by atoms with Gasteiger partial charge in [0.05, 0.1) is 19.8 Å². The van der Waals surface area contributed by atoms with Gasteiger partial charge in [0.25, 0.3) is 0 Å². The molecular weight excluding hydrogens is 190 g/mol. The highest BCUT2D eigenvalue weighted by molar-refractivity contribution is 5.40. The fraction of sp³-hybridized carbons (Fsp3) is 0.500. The molecule has 0 saturated carbocycles. The number of fused-ring (bicyclic) bond motifs is 1. The molecule has 1 atom stereocenters. The molecule has 0 heterocycles. The zero-order valence-corrected chi connectivity index (χ0v) is 9.25. The first-order valence-electron chi connectivity index (χ1n) is 5.39. The van der Waals surface area contributed by atoms with Gasteiger partial charge in [-0.3, -0.25) is 0 Å². The first-order chi connectivity index (χ1) is 7.35. The van der Waals surface area contributed by atoms with Crippen molar-refractivity contribution in [2.24, 2.45) is 0 Å². The molecule has 0 bridgehead atoms. The summed E-state index contributed by atoms with van der Waals surface area (Å²) in [4.78, 5) is 5.26. The summed E-state index contributed by atoms with van der Waals surface area (Å²) < 4.78 is 5.22. The first kappa shape index (κ1) is 10.5. The summed E-state index contributed by atoms with van der Waals surface area (Å²) in [5.74, 6) is 0.916. The summed E-state index contributed by atoms with van der Waals surface area (Å²) in [6.07, 6.45) is 2.21. The van der Waals surface area contributed by atoms with Crippen LogP contribution in [0.25, 0.3) is 0 Å². The third-order valence-corrected chi connectivity index (χ3v) is 2.80. The van der Waals surface area contributed by atoms with Crippen molar-refractivity contribution < 1.29 is 9.57 Å². The van der Waals surface area contributed by atoms with E-state index in [0.29, 0.717) is 12.6 Å². The summed E-state index contributed by atoms with van der Waals surface area (Å²) in [5.41, 5.74) is 5.79. The standard InChI is InChI=1S/C12H17NO2/c1-3-15-13-12-7-5-9-4-6-10(14-2)8-11(9)12/h4,6,8,12-13H,3,5,7H2,1-2H3. The molecule has 1 aliphatic rings. The van der Waals surface area contributed by atoms with Crippen LogP contribution in [0.4, 0.5) is 0 Å². The van der Waals surface area contributed by atoms with Crippen molar-refractivity contribution in [3.8, 4) is 5.75 Å². The second kappa shape index (κ2) is 4.64. The molecule has 0 amide bonds. The highest BCUT2D eigenvalue weighted by Gasteiger charge is 2.22. The number of methoxy groups -OCH3 is 1. The van der Waals surface area contributed by atoms with E-state index in [2.05, 4.69) is 17.6 Å². The maximum atomic E-state index is 5.26. The van der Waals surface area contributed by atoms with E-state index in [4.69, 9.17) is 9.57 Å². The van der Waals surface area contributed by atoms with Gasteiger partial charge in [-0.1, -0.05) is 6.07 Å². The quantitative estimate of drug-likeness (QED) is 0.768. The van der Waals surface area contributed by atoms with Gasteiger partial charge in [-0.15, -0.1) is 0 Å². The topological polar surface area (TPSA) is 30.5 Å². The second-order valence-electron chi connectivity index (χ2n) is 3.71. The summed E-state index contributed by atoms with van der Waals surface area (Å²) in [6, 6.07) is 6.57. The molecule has 15 heavy (non-hydrogen) atoms. The van der Waals surface area contributed by atoms with Gasteiger partial charge in [0.1, 0.15) is 5.75 Å². The Hall–Kier alpha value is -1.06. The number of hydrogen-bond acceptors (Lipinski definition) is 3. The molecule has 0 saturated heterocycles. The molecule has 0 spiro atoms. The molecular formula is C12H17NO2. The predicted octanol–water partition coefficient (Wildman–Crippen LogP) is 2.22. The van der Waals surface area contributed by atoms with Crippen LogP contribution in [0, 0.1) is 0 Å². The lowest BCUT2D eigenvalue weighted by Gasteiger charge is -2.13. The van der Waals surface area contributed by atoms with Crippen LogP contribution in [-0.4, -0.2) is 13.7 Å². The smallest absolute Gasteiger partial charge is 0.119 e. The van der Waals surface area contributed by atoms with Crippen molar-refractivity contribution in [3.63, 3.8) is 0 Å². The van der Waals surface area contributed by atoms with Gasteiger partial charge < -0.3 is 9.57 Å². The number of ether oxygens (including phenoxy) is 1. The summed E-state index contributed by atoms with van der Waals surface area (Å²) in [7, 11) is 1.70. The van der Waals surface area contributed by atoms with Gasteiger partial charge in [0.15, 0.2) is 0 Å². The van der Waals surface area contributed by atoms with Crippen LogP contribution in [0.2, 0.25) is 0 Å². The molecule has 0 aromatic heterocycles. The number of aryl methyl sites for hydroxylation is 1. The van der Waals surface area contributed by atoms with Gasteiger partial charge in [-0.2, -0.15) is 5.48 Å². The molecule has 1 aromatic rings. The van der Waals surface area contributed by atoms with E-state index >= 15 is 0 Å². The number of hydroxylamine groups is 1. The molecule has 3 nitrogen and oxygen atoms in total. The number of hydrogen-bond donors (Lipinski definition) is 1. The molecule has 1 aliphatic carbocycles. The second-order valence-corrected chi connectivity index (χ2v) is 3.71. The van der Waals surface area contributed by atoms with Crippen LogP contribution in [0.1, 0.15) is 30.5 Å². The first-order valence-corrected chi connectivity index (χ1v) is 5.39. The van der Waals surface area contributed by atoms with Gasteiger partial charge in [0, 0.05) is 0 Å². The third kappa shape index (κ3) is 2.13. The van der Waals surface area contributed by atoms with Crippen molar-refractivity contribution in [3.05, 3.63) is 29.3 Å². The van der Waals surface area contributed by atoms with Crippen molar-refractivity contribution in [2.75, 3.05) is 13.7 Å². The SMILES string of the molecule is CCONC1CCc2ccc(OC)cc21. The molecule has 2 rings (SSSR count). The van der Waals surface area contributed by atoms with Crippen molar-refractivity contribution in [2.45, 2.75) is 25.8 Å². The Morgan fingerprint density at radius 2 is 2.33 bits per heavy atom. The van der Waals surface area contributed by atoms with Gasteiger partial charge in [-0.25, -0.2) is 0 Å². The summed E-state index contributed by atoms with van der Waals surface area (Å²) in [6.45, 7) is 2.67. The average Bonchev–Trinajstić information content (AvgIpc) is 2.68. The van der Waals surface area contributed by atoms with Crippen molar-refractivity contribution >= 4 is 0 Å². The Morgan fingerprint density at radius 3 is 3.07 bits per heavy atom. The largest absolute Gasteiger partial charge is 0.497 e. The molecule has 1 N–H and O–H groups in total. The van der Waals surface area contributed by atoms with E-state index in [-0.39, 0.29) is 0 Å². The Balaban J connectivity index is 2.16. The maximum Gasteiger partial charge on any atom is 0.119 e. The summed E-state index contributed by atoms with van der Waals surface area (Å²) in [5, 5.41) is 0. The minimum absolute atomic E-state index is 0.315. The fourth-order valence-corrected chi connectivity index (χ4v) is 2.01. The third-order valence-electron chi connectivity index (χ3n) is 2.80. The van der Waals surface area contributed by atoms with E-state index in [1.165, 1.54) is 11.1 Å². The van der Waals surface area contributed by atoms with E-state index in [9.17, 15) is 0 Å².